The van der Waals surface area contributed by atoms with E-state index in [9.17, 15) is 0 Å². The lowest BCUT2D eigenvalue weighted by molar-refractivity contribution is 0.606. The largest absolute Gasteiger partial charge is 0.370 e. The highest BCUT2D eigenvalue weighted by Crippen LogP contribution is 2.20. The Kier molecular flexibility index (Phi) is 6.69. The van der Waals surface area contributed by atoms with E-state index in [1.807, 2.05) is 13.0 Å². The van der Waals surface area contributed by atoms with Gasteiger partial charge in [0.15, 0.2) is 0 Å². The van der Waals surface area contributed by atoms with Crippen molar-refractivity contribution in [2.75, 3.05) is 23.7 Å². The van der Waals surface area contributed by atoms with E-state index in [-0.39, 0.29) is 0 Å². The Morgan fingerprint density at radius 1 is 1.14 bits per heavy atom. The van der Waals surface area contributed by atoms with Gasteiger partial charge < -0.3 is 10.6 Å². The minimum absolute atomic E-state index is 0.705. The average Bonchev–Trinajstić information content (AvgIpc) is 2.47. The molecule has 0 amide bonds. The molecule has 1 aliphatic rings. The van der Waals surface area contributed by atoms with Crippen molar-refractivity contribution in [2.45, 2.75) is 59.3 Å². The Balaban J connectivity index is 1.82. The quantitative estimate of drug-likeness (QED) is 0.692. The third kappa shape index (κ3) is 6.04. The zero-order valence-corrected chi connectivity index (χ0v) is 14.3. The van der Waals surface area contributed by atoms with Crippen LogP contribution in [0.1, 0.15) is 58.1 Å². The zero-order valence-electron chi connectivity index (χ0n) is 14.3. The van der Waals surface area contributed by atoms with Crippen LogP contribution in [-0.2, 0) is 0 Å². The van der Waals surface area contributed by atoms with Crippen LogP contribution in [0.5, 0.6) is 0 Å². The smallest absolute Gasteiger partial charge is 0.224 e. The summed E-state index contributed by atoms with van der Waals surface area (Å²) < 4.78 is 0. The number of anilines is 2. The van der Waals surface area contributed by atoms with Crippen molar-refractivity contribution in [3.63, 3.8) is 0 Å². The molecule has 0 aromatic carbocycles. The van der Waals surface area contributed by atoms with Crippen molar-refractivity contribution in [3.05, 3.63) is 23.4 Å². The van der Waals surface area contributed by atoms with Gasteiger partial charge in [-0.15, -0.1) is 0 Å². The molecule has 0 bridgehead atoms. The number of allylic oxidation sites excluding steroid dienone is 1. The van der Waals surface area contributed by atoms with Crippen LogP contribution in [0.25, 0.3) is 0 Å². The second-order valence-electron chi connectivity index (χ2n) is 6.61. The number of hydrogen-bond acceptors (Lipinski definition) is 4. The van der Waals surface area contributed by atoms with Crippen LogP contribution >= 0.6 is 0 Å². The van der Waals surface area contributed by atoms with E-state index in [1.165, 1.54) is 25.7 Å². The molecule has 1 aromatic heterocycles. The maximum Gasteiger partial charge on any atom is 0.224 e. The lowest BCUT2D eigenvalue weighted by Crippen LogP contribution is -2.11. The first-order valence-electron chi connectivity index (χ1n) is 8.65. The van der Waals surface area contributed by atoms with E-state index in [1.54, 1.807) is 5.57 Å². The second kappa shape index (κ2) is 8.76. The molecule has 0 unspecified atom stereocenters. The molecule has 0 fully saturated rings. The fraction of sp³-hybridized carbons (Fsp3) is 0.667. The summed E-state index contributed by atoms with van der Waals surface area (Å²) in [6.45, 7) is 8.37. The van der Waals surface area contributed by atoms with Gasteiger partial charge in [-0.3, -0.25) is 0 Å². The SMILES string of the molecule is Cc1cc(NCCC(C)C)nc(NCCC2=CCCCC2)n1. The first-order valence-corrected chi connectivity index (χ1v) is 8.65. The zero-order chi connectivity index (χ0) is 15.8. The first-order chi connectivity index (χ1) is 10.6. The highest BCUT2D eigenvalue weighted by molar-refractivity contribution is 5.42. The predicted octanol–water partition coefficient (Wildman–Crippen LogP) is 4.55. The fourth-order valence-corrected chi connectivity index (χ4v) is 2.69. The molecule has 0 saturated heterocycles. The number of hydrogen-bond donors (Lipinski definition) is 2. The number of rotatable bonds is 8. The topological polar surface area (TPSA) is 49.8 Å². The molecular weight excluding hydrogens is 272 g/mol. The van der Waals surface area contributed by atoms with Gasteiger partial charge in [-0.05, 0) is 51.4 Å². The Hall–Kier alpha value is -1.58. The molecule has 1 aliphatic carbocycles. The van der Waals surface area contributed by atoms with Gasteiger partial charge in [-0.2, -0.15) is 4.98 Å². The molecule has 1 aromatic rings. The molecule has 22 heavy (non-hydrogen) atoms. The maximum absolute atomic E-state index is 4.56. The molecule has 0 spiro atoms. The van der Waals surface area contributed by atoms with Crippen LogP contribution in [0.3, 0.4) is 0 Å². The highest BCUT2D eigenvalue weighted by Gasteiger charge is 2.05. The van der Waals surface area contributed by atoms with Crippen molar-refractivity contribution < 1.29 is 0 Å². The van der Waals surface area contributed by atoms with E-state index < -0.39 is 0 Å². The van der Waals surface area contributed by atoms with Gasteiger partial charge in [0.05, 0.1) is 0 Å². The normalized spacial score (nSPS) is 14.8. The summed E-state index contributed by atoms with van der Waals surface area (Å²) in [6.07, 6.45) is 9.87. The lowest BCUT2D eigenvalue weighted by atomic mass is 9.97. The van der Waals surface area contributed by atoms with Crippen LogP contribution in [-0.4, -0.2) is 23.1 Å². The molecule has 122 valence electrons. The Bertz CT molecular complexity index is 494. The van der Waals surface area contributed by atoms with Crippen molar-refractivity contribution >= 4 is 11.8 Å². The minimum Gasteiger partial charge on any atom is -0.370 e. The Labute approximate surface area is 134 Å². The van der Waals surface area contributed by atoms with E-state index in [2.05, 4.69) is 40.5 Å². The van der Waals surface area contributed by atoms with E-state index in [0.717, 1.165) is 43.4 Å². The predicted molar refractivity (Wildman–Crippen MR) is 94.4 cm³/mol. The third-order valence-electron chi connectivity index (χ3n) is 4.00. The molecule has 0 radical (unpaired) electrons. The molecule has 2 rings (SSSR count). The van der Waals surface area contributed by atoms with E-state index >= 15 is 0 Å². The average molecular weight is 302 g/mol. The summed E-state index contributed by atoms with van der Waals surface area (Å²) in [6, 6.07) is 2.01. The van der Waals surface area contributed by atoms with Crippen molar-refractivity contribution in [1.82, 2.24) is 9.97 Å². The van der Waals surface area contributed by atoms with Gasteiger partial charge in [0.1, 0.15) is 5.82 Å². The molecule has 0 atom stereocenters. The van der Waals surface area contributed by atoms with Crippen LogP contribution in [0, 0.1) is 12.8 Å². The van der Waals surface area contributed by atoms with Crippen LogP contribution in [0.15, 0.2) is 17.7 Å². The van der Waals surface area contributed by atoms with Gasteiger partial charge in [-0.25, -0.2) is 4.98 Å². The van der Waals surface area contributed by atoms with Gasteiger partial charge in [-0.1, -0.05) is 25.5 Å². The number of aryl methyl sites for hydroxylation is 1. The molecule has 2 N–H and O–H groups in total. The Morgan fingerprint density at radius 3 is 2.73 bits per heavy atom. The maximum atomic E-state index is 4.56. The van der Waals surface area contributed by atoms with Crippen LogP contribution in [0.2, 0.25) is 0 Å². The number of aromatic nitrogens is 2. The standard InChI is InChI=1S/C18H30N4/c1-14(2)9-11-19-17-13-15(3)21-18(22-17)20-12-10-16-7-5-4-6-8-16/h7,13-14H,4-6,8-12H2,1-3H3,(H2,19,20,21,22). The monoisotopic (exact) mass is 302 g/mol. The molecule has 4 heteroatoms. The fourth-order valence-electron chi connectivity index (χ4n) is 2.69. The second-order valence-corrected chi connectivity index (χ2v) is 6.61. The molecule has 0 saturated carbocycles. The summed E-state index contributed by atoms with van der Waals surface area (Å²) in [7, 11) is 0. The summed E-state index contributed by atoms with van der Waals surface area (Å²) in [4.78, 5) is 9.04. The lowest BCUT2D eigenvalue weighted by Gasteiger charge is -2.14. The van der Waals surface area contributed by atoms with Crippen molar-refractivity contribution in [1.29, 1.82) is 0 Å². The van der Waals surface area contributed by atoms with Gasteiger partial charge >= 0.3 is 0 Å². The van der Waals surface area contributed by atoms with Gasteiger partial charge in [0.25, 0.3) is 0 Å². The summed E-state index contributed by atoms with van der Waals surface area (Å²) in [5, 5.41) is 6.76. The minimum atomic E-state index is 0.705. The van der Waals surface area contributed by atoms with Crippen LogP contribution < -0.4 is 10.6 Å². The molecule has 0 aliphatic heterocycles. The van der Waals surface area contributed by atoms with E-state index in [0.29, 0.717) is 5.92 Å². The molecule has 1 heterocycles. The highest BCUT2D eigenvalue weighted by atomic mass is 15.1. The summed E-state index contributed by atoms with van der Waals surface area (Å²) >= 11 is 0. The van der Waals surface area contributed by atoms with Gasteiger partial charge in [0.2, 0.25) is 5.95 Å². The first kappa shape index (κ1) is 16.8. The van der Waals surface area contributed by atoms with Crippen molar-refractivity contribution in [2.24, 2.45) is 5.92 Å². The Morgan fingerprint density at radius 2 is 2.00 bits per heavy atom. The number of nitrogens with one attached hydrogen (secondary N) is 2. The summed E-state index contributed by atoms with van der Waals surface area (Å²) in [5.74, 6) is 2.37. The van der Waals surface area contributed by atoms with E-state index in [4.69, 9.17) is 0 Å². The third-order valence-corrected chi connectivity index (χ3v) is 4.00. The van der Waals surface area contributed by atoms with Crippen LogP contribution in [0.4, 0.5) is 11.8 Å². The van der Waals surface area contributed by atoms with Gasteiger partial charge in [0, 0.05) is 24.8 Å². The number of nitrogens with zero attached hydrogens (tertiary/aromatic N) is 2. The van der Waals surface area contributed by atoms with Crippen molar-refractivity contribution in [3.8, 4) is 0 Å². The molecular formula is C18H30N4. The molecule has 4 nitrogen and oxygen atoms in total. The summed E-state index contributed by atoms with van der Waals surface area (Å²) in [5.41, 5.74) is 2.59.